The standard InChI is InChI=1S/C14H12I3NO2/c15-10-7-9(1-2-13(10)19)20-14-11(16)5-8(3-4-18)6-12(14)17/h1-2,5-7,19H,3-4,18H2. The summed E-state index contributed by atoms with van der Waals surface area (Å²) in [6.45, 7) is 0.641. The van der Waals surface area contributed by atoms with E-state index in [1.807, 2.05) is 6.07 Å². The summed E-state index contributed by atoms with van der Waals surface area (Å²) in [5.41, 5.74) is 6.81. The number of hydrogen-bond acceptors (Lipinski definition) is 3. The molecule has 3 nitrogen and oxygen atoms in total. The van der Waals surface area contributed by atoms with Crippen molar-refractivity contribution in [1.29, 1.82) is 0 Å². The summed E-state index contributed by atoms with van der Waals surface area (Å²) < 4.78 is 8.83. The van der Waals surface area contributed by atoms with Crippen LogP contribution < -0.4 is 10.5 Å². The topological polar surface area (TPSA) is 55.5 Å². The van der Waals surface area contributed by atoms with Gasteiger partial charge in [-0.05, 0) is 117 Å². The number of phenolic OH excluding ortho intramolecular Hbond substituents is 1. The Morgan fingerprint density at radius 3 is 2.20 bits per heavy atom. The van der Waals surface area contributed by atoms with Crippen LogP contribution in [0.15, 0.2) is 30.3 Å². The molecular formula is C14H12I3NO2. The van der Waals surface area contributed by atoms with E-state index in [0.717, 1.165) is 28.6 Å². The predicted octanol–water partition coefficient (Wildman–Crippen LogP) is 4.50. The summed E-state index contributed by atoms with van der Waals surface area (Å²) in [5, 5.41) is 9.54. The van der Waals surface area contributed by atoms with Crippen molar-refractivity contribution in [1.82, 2.24) is 0 Å². The van der Waals surface area contributed by atoms with Gasteiger partial charge in [0.2, 0.25) is 0 Å². The number of phenols is 1. The van der Waals surface area contributed by atoms with Crippen molar-refractivity contribution in [3.63, 3.8) is 0 Å². The van der Waals surface area contributed by atoms with E-state index in [1.54, 1.807) is 12.1 Å². The highest BCUT2D eigenvalue weighted by molar-refractivity contribution is 14.1. The zero-order valence-electron chi connectivity index (χ0n) is 10.4. The van der Waals surface area contributed by atoms with Gasteiger partial charge in [-0.25, -0.2) is 0 Å². The molecule has 20 heavy (non-hydrogen) atoms. The molecule has 0 aliphatic heterocycles. The lowest BCUT2D eigenvalue weighted by molar-refractivity contribution is 0.458. The van der Waals surface area contributed by atoms with E-state index in [9.17, 15) is 5.11 Å². The average Bonchev–Trinajstić information content (AvgIpc) is 2.38. The Morgan fingerprint density at radius 1 is 1.00 bits per heavy atom. The minimum absolute atomic E-state index is 0.264. The van der Waals surface area contributed by atoms with E-state index >= 15 is 0 Å². The SMILES string of the molecule is NCCc1cc(I)c(Oc2ccc(O)c(I)c2)c(I)c1. The van der Waals surface area contributed by atoms with Crippen LogP contribution in [0.4, 0.5) is 0 Å². The molecular weight excluding hydrogens is 595 g/mol. The molecule has 2 aromatic rings. The summed E-state index contributed by atoms with van der Waals surface area (Å²) in [6, 6.07) is 9.40. The summed E-state index contributed by atoms with van der Waals surface area (Å²) in [5.74, 6) is 1.82. The lowest BCUT2D eigenvalue weighted by Gasteiger charge is -2.12. The minimum atomic E-state index is 0.264. The largest absolute Gasteiger partial charge is 0.507 e. The quantitative estimate of drug-likeness (QED) is 0.504. The Labute approximate surface area is 158 Å². The fourth-order valence-corrected chi connectivity index (χ4v) is 4.29. The maximum Gasteiger partial charge on any atom is 0.154 e. The van der Waals surface area contributed by atoms with Gasteiger partial charge in [0.1, 0.15) is 11.5 Å². The molecule has 0 aromatic heterocycles. The molecule has 0 fully saturated rings. The normalized spacial score (nSPS) is 10.6. The number of halogens is 3. The second-order valence-electron chi connectivity index (χ2n) is 4.14. The smallest absolute Gasteiger partial charge is 0.154 e. The molecule has 0 spiro atoms. The highest BCUT2D eigenvalue weighted by Crippen LogP contribution is 2.34. The first-order chi connectivity index (χ1) is 9.51. The van der Waals surface area contributed by atoms with E-state index in [1.165, 1.54) is 5.56 Å². The van der Waals surface area contributed by atoms with E-state index in [0.29, 0.717) is 6.54 Å². The zero-order chi connectivity index (χ0) is 14.7. The van der Waals surface area contributed by atoms with Crippen LogP contribution >= 0.6 is 67.8 Å². The van der Waals surface area contributed by atoms with Crippen LogP contribution in [-0.4, -0.2) is 11.7 Å². The van der Waals surface area contributed by atoms with E-state index in [4.69, 9.17) is 10.5 Å². The molecule has 0 radical (unpaired) electrons. The summed E-state index contributed by atoms with van der Waals surface area (Å²) in [4.78, 5) is 0. The van der Waals surface area contributed by atoms with Crippen molar-refractivity contribution in [2.45, 2.75) is 6.42 Å². The average molecular weight is 607 g/mol. The number of aromatic hydroxyl groups is 1. The Balaban J connectivity index is 2.31. The van der Waals surface area contributed by atoms with Crippen LogP contribution in [-0.2, 0) is 6.42 Å². The Kier molecular flexibility index (Phi) is 6.17. The third-order valence-electron chi connectivity index (χ3n) is 2.63. The molecule has 0 aliphatic carbocycles. The first kappa shape index (κ1) is 16.6. The number of nitrogens with two attached hydrogens (primary N) is 1. The highest BCUT2D eigenvalue weighted by Gasteiger charge is 2.11. The van der Waals surface area contributed by atoms with Gasteiger partial charge in [-0.2, -0.15) is 0 Å². The molecule has 0 bridgehead atoms. The van der Waals surface area contributed by atoms with Gasteiger partial charge in [0.25, 0.3) is 0 Å². The van der Waals surface area contributed by atoms with Crippen LogP contribution in [0.25, 0.3) is 0 Å². The second kappa shape index (κ2) is 7.45. The van der Waals surface area contributed by atoms with Crippen LogP contribution in [0.1, 0.15) is 5.56 Å². The van der Waals surface area contributed by atoms with Gasteiger partial charge >= 0.3 is 0 Å². The molecule has 106 valence electrons. The molecule has 3 N–H and O–H groups in total. The van der Waals surface area contributed by atoms with Gasteiger partial charge in [0, 0.05) is 0 Å². The van der Waals surface area contributed by atoms with Gasteiger partial charge in [0.05, 0.1) is 10.7 Å². The van der Waals surface area contributed by atoms with E-state index < -0.39 is 0 Å². The molecule has 0 amide bonds. The monoisotopic (exact) mass is 607 g/mol. The fraction of sp³-hybridized carbons (Fsp3) is 0.143. The molecule has 0 aliphatic rings. The zero-order valence-corrected chi connectivity index (χ0v) is 16.8. The van der Waals surface area contributed by atoms with E-state index in [2.05, 4.69) is 79.9 Å². The van der Waals surface area contributed by atoms with Gasteiger partial charge in [0.15, 0.2) is 5.75 Å². The number of benzene rings is 2. The van der Waals surface area contributed by atoms with Crippen LogP contribution in [0.2, 0.25) is 0 Å². The molecule has 0 saturated carbocycles. The fourth-order valence-electron chi connectivity index (χ4n) is 1.69. The van der Waals surface area contributed by atoms with Gasteiger partial charge in [-0.1, -0.05) is 0 Å². The van der Waals surface area contributed by atoms with Crippen molar-refractivity contribution < 1.29 is 9.84 Å². The summed E-state index contributed by atoms with van der Waals surface area (Å²) in [6.07, 6.45) is 0.864. The number of ether oxygens (including phenoxy) is 1. The molecule has 6 heteroatoms. The summed E-state index contributed by atoms with van der Waals surface area (Å²) in [7, 11) is 0. The third-order valence-corrected chi connectivity index (χ3v) is 5.10. The van der Waals surface area contributed by atoms with Crippen molar-refractivity contribution in [2.75, 3.05) is 6.54 Å². The molecule has 2 aromatic carbocycles. The Morgan fingerprint density at radius 2 is 1.65 bits per heavy atom. The van der Waals surface area contributed by atoms with Crippen molar-refractivity contribution in [3.8, 4) is 17.2 Å². The first-order valence-corrected chi connectivity index (χ1v) is 9.09. The van der Waals surface area contributed by atoms with Crippen LogP contribution in [0.3, 0.4) is 0 Å². The molecule has 2 rings (SSSR count). The number of rotatable bonds is 4. The Bertz CT molecular complexity index is 609. The van der Waals surface area contributed by atoms with Crippen molar-refractivity contribution in [3.05, 3.63) is 46.6 Å². The highest BCUT2D eigenvalue weighted by atomic mass is 127. The Hall–Kier alpha value is 0.190. The minimum Gasteiger partial charge on any atom is -0.507 e. The lowest BCUT2D eigenvalue weighted by Crippen LogP contribution is -2.03. The van der Waals surface area contributed by atoms with E-state index in [-0.39, 0.29) is 5.75 Å². The molecule has 0 unspecified atom stereocenters. The molecule has 0 atom stereocenters. The summed E-state index contributed by atoms with van der Waals surface area (Å²) >= 11 is 6.62. The second-order valence-corrected chi connectivity index (χ2v) is 7.63. The van der Waals surface area contributed by atoms with Gasteiger partial charge in [-0.3, -0.25) is 0 Å². The van der Waals surface area contributed by atoms with Gasteiger partial charge < -0.3 is 15.6 Å². The predicted molar refractivity (Wildman–Crippen MR) is 106 cm³/mol. The van der Waals surface area contributed by atoms with Crippen molar-refractivity contribution >= 4 is 67.8 Å². The molecule has 0 heterocycles. The third kappa shape index (κ3) is 4.10. The van der Waals surface area contributed by atoms with Crippen LogP contribution in [0, 0.1) is 10.7 Å². The van der Waals surface area contributed by atoms with Gasteiger partial charge in [-0.15, -0.1) is 0 Å². The first-order valence-electron chi connectivity index (χ1n) is 5.85. The van der Waals surface area contributed by atoms with Crippen LogP contribution in [0.5, 0.6) is 17.2 Å². The maximum atomic E-state index is 9.54. The van der Waals surface area contributed by atoms with Crippen molar-refractivity contribution in [2.24, 2.45) is 5.73 Å². The maximum absolute atomic E-state index is 9.54. The number of hydrogen-bond donors (Lipinski definition) is 2. The lowest BCUT2D eigenvalue weighted by atomic mass is 10.1. The molecule has 0 saturated heterocycles.